The second-order valence-corrected chi connectivity index (χ2v) is 5.65. The van der Waals surface area contributed by atoms with Gasteiger partial charge in [-0.25, -0.2) is 4.39 Å². The number of halogens is 1. The average Bonchev–Trinajstić information content (AvgIpc) is 2.76. The van der Waals surface area contributed by atoms with Gasteiger partial charge in [-0.1, -0.05) is 12.1 Å². The van der Waals surface area contributed by atoms with E-state index < -0.39 is 0 Å². The summed E-state index contributed by atoms with van der Waals surface area (Å²) in [4.78, 5) is 14.1. The van der Waals surface area contributed by atoms with Crippen molar-refractivity contribution in [1.29, 1.82) is 0 Å². The number of hydrogen-bond donors (Lipinski definition) is 2. The maximum absolute atomic E-state index is 12.8. The highest BCUT2D eigenvalue weighted by molar-refractivity contribution is 5.78. The summed E-state index contributed by atoms with van der Waals surface area (Å²) in [5.74, 6) is -0.245. The molecule has 0 bridgehead atoms. The molecule has 1 unspecified atom stereocenters. The Bertz CT molecular complexity index is 441. The molecule has 0 aliphatic carbocycles. The van der Waals surface area contributed by atoms with Gasteiger partial charge in [0.05, 0.1) is 6.54 Å². The zero-order chi connectivity index (χ0) is 15.1. The Morgan fingerprint density at radius 1 is 1.33 bits per heavy atom. The highest BCUT2D eigenvalue weighted by atomic mass is 19.1. The summed E-state index contributed by atoms with van der Waals surface area (Å²) in [6.07, 6.45) is 3.38. The number of benzene rings is 1. The second kappa shape index (κ2) is 8.10. The van der Waals surface area contributed by atoms with Crippen molar-refractivity contribution in [2.24, 2.45) is 0 Å². The summed E-state index contributed by atoms with van der Waals surface area (Å²) in [5, 5.41) is 6.26. The quantitative estimate of drug-likeness (QED) is 0.865. The Balaban J connectivity index is 1.74. The number of nitrogens with one attached hydrogen (secondary N) is 2. The number of likely N-dealkylation sites (N-methyl/N-ethyl adjacent to an activating group) is 1. The maximum Gasteiger partial charge on any atom is 0.234 e. The molecular formula is C16H24FN3O. The summed E-state index contributed by atoms with van der Waals surface area (Å²) in [6.45, 7) is 2.94. The molecule has 1 fully saturated rings. The minimum atomic E-state index is -0.258. The van der Waals surface area contributed by atoms with E-state index in [4.69, 9.17) is 0 Å². The van der Waals surface area contributed by atoms with Gasteiger partial charge < -0.3 is 10.6 Å². The van der Waals surface area contributed by atoms with E-state index in [1.807, 2.05) is 7.05 Å². The van der Waals surface area contributed by atoms with E-state index in [1.165, 1.54) is 12.1 Å². The first-order chi connectivity index (χ1) is 10.1. The molecule has 1 saturated heterocycles. The summed E-state index contributed by atoms with van der Waals surface area (Å²) in [5.41, 5.74) is 0.908. The van der Waals surface area contributed by atoms with Crippen LogP contribution in [-0.2, 0) is 11.3 Å². The van der Waals surface area contributed by atoms with Crippen molar-refractivity contribution in [3.8, 4) is 0 Å². The summed E-state index contributed by atoms with van der Waals surface area (Å²) < 4.78 is 12.8. The molecule has 1 aliphatic heterocycles. The number of carbonyl (C=O) groups is 1. The third kappa shape index (κ3) is 5.44. The minimum Gasteiger partial charge on any atom is -0.351 e. The third-order valence-corrected chi connectivity index (χ3v) is 3.96. The lowest BCUT2D eigenvalue weighted by atomic mass is 10.1. The molecule has 21 heavy (non-hydrogen) atoms. The highest BCUT2D eigenvalue weighted by Crippen LogP contribution is 2.11. The molecule has 5 heteroatoms. The predicted octanol–water partition coefficient (Wildman–Crippen LogP) is 1.52. The number of carbonyl (C=O) groups excluding carboxylic acids is 1. The largest absolute Gasteiger partial charge is 0.351 e. The van der Waals surface area contributed by atoms with Gasteiger partial charge >= 0.3 is 0 Å². The normalized spacial score (nSPS) is 19.3. The third-order valence-electron chi connectivity index (χ3n) is 3.96. The summed E-state index contributed by atoms with van der Waals surface area (Å²) >= 11 is 0. The van der Waals surface area contributed by atoms with Crippen LogP contribution in [-0.4, -0.2) is 43.5 Å². The molecule has 0 aromatic heterocycles. The molecule has 1 atom stereocenters. The fourth-order valence-corrected chi connectivity index (χ4v) is 2.66. The van der Waals surface area contributed by atoms with E-state index in [0.29, 0.717) is 19.1 Å². The average molecular weight is 293 g/mol. The lowest BCUT2D eigenvalue weighted by Crippen LogP contribution is -2.40. The molecule has 0 radical (unpaired) electrons. The van der Waals surface area contributed by atoms with Crippen molar-refractivity contribution in [3.05, 3.63) is 35.6 Å². The van der Waals surface area contributed by atoms with E-state index in [-0.39, 0.29) is 11.7 Å². The van der Waals surface area contributed by atoms with Crippen LogP contribution in [0.25, 0.3) is 0 Å². The van der Waals surface area contributed by atoms with Gasteiger partial charge in [0.25, 0.3) is 0 Å². The zero-order valence-corrected chi connectivity index (χ0v) is 12.6. The van der Waals surface area contributed by atoms with Gasteiger partial charge in [-0.15, -0.1) is 0 Å². The predicted molar refractivity (Wildman–Crippen MR) is 81.4 cm³/mol. The molecule has 1 aliphatic rings. The van der Waals surface area contributed by atoms with Crippen LogP contribution in [0.4, 0.5) is 4.39 Å². The van der Waals surface area contributed by atoms with Crippen molar-refractivity contribution in [2.75, 3.05) is 26.7 Å². The van der Waals surface area contributed by atoms with Gasteiger partial charge in [0, 0.05) is 12.6 Å². The molecule has 1 amide bonds. The van der Waals surface area contributed by atoms with Crippen LogP contribution >= 0.6 is 0 Å². The molecule has 1 aromatic rings. The Hall–Kier alpha value is -1.46. The zero-order valence-electron chi connectivity index (χ0n) is 12.6. The summed E-state index contributed by atoms with van der Waals surface area (Å²) in [6, 6.07) is 6.67. The van der Waals surface area contributed by atoms with Crippen molar-refractivity contribution in [2.45, 2.75) is 31.8 Å². The topological polar surface area (TPSA) is 44.4 Å². The van der Waals surface area contributed by atoms with E-state index >= 15 is 0 Å². The van der Waals surface area contributed by atoms with Crippen molar-refractivity contribution in [1.82, 2.24) is 15.5 Å². The molecular weight excluding hydrogens is 269 g/mol. The van der Waals surface area contributed by atoms with Gasteiger partial charge in [0.1, 0.15) is 5.82 Å². The van der Waals surface area contributed by atoms with E-state index in [2.05, 4.69) is 15.5 Å². The highest BCUT2D eigenvalue weighted by Gasteiger charge is 2.18. The molecule has 0 saturated carbocycles. The van der Waals surface area contributed by atoms with Gasteiger partial charge in [-0.05, 0) is 57.1 Å². The molecule has 0 spiro atoms. The lowest BCUT2D eigenvalue weighted by Gasteiger charge is -2.26. The van der Waals surface area contributed by atoms with E-state index in [1.54, 1.807) is 12.1 Å². The maximum atomic E-state index is 12.8. The Labute approximate surface area is 125 Å². The first kappa shape index (κ1) is 15.9. The standard InChI is InChI=1S/C16H24FN3O/c1-20(15-3-2-9-18-10-8-15)12-16(21)19-11-13-4-6-14(17)7-5-13/h4-7,15,18H,2-3,8-12H2,1H3,(H,19,21). The lowest BCUT2D eigenvalue weighted by molar-refractivity contribution is -0.122. The van der Waals surface area contributed by atoms with Gasteiger partial charge in [0.2, 0.25) is 5.91 Å². The fraction of sp³-hybridized carbons (Fsp3) is 0.562. The minimum absolute atomic E-state index is 0.0130. The fourth-order valence-electron chi connectivity index (χ4n) is 2.66. The van der Waals surface area contributed by atoms with Crippen LogP contribution in [0.3, 0.4) is 0 Å². The first-order valence-electron chi connectivity index (χ1n) is 7.57. The molecule has 1 aromatic carbocycles. The first-order valence-corrected chi connectivity index (χ1v) is 7.57. The molecule has 1 heterocycles. The number of rotatable bonds is 5. The Morgan fingerprint density at radius 2 is 2.10 bits per heavy atom. The van der Waals surface area contributed by atoms with Crippen molar-refractivity contribution in [3.63, 3.8) is 0 Å². The second-order valence-electron chi connectivity index (χ2n) is 5.65. The van der Waals surface area contributed by atoms with Crippen molar-refractivity contribution >= 4 is 5.91 Å². The Morgan fingerprint density at radius 3 is 2.86 bits per heavy atom. The molecule has 116 valence electrons. The molecule has 2 N–H and O–H groups in total. The number of hydrogen-bond acceptors (Lipinski definition) is 3. The summed E-state index contributed by atoms with van der Waals surface area (Å²) in [7, 11) is 2.01. The van der Waals surface area contributed by atoms with Gasteiger partial charge in [-0.3, -0.25) is 9.69 Å². The van der Waals surface area contributed by atoms with Crippen LogP contribution < -0.4 is 10.6 Å². The van der Waals surface area contributed by atoms with Crippen LogP contribution in [0.5, 0.6) is 0 Å². The van der Waals surface area contributed by atoms with Gasteiger partial charge in [-0.2, -0.15) is 0 Å². The Kier molecular flexibility index (Phi) is 6.14. The van der Waals surface area contributed by atoms with Crippen LogP contribution in [0.2, 0.25) is 0 Å². The number of amides is 1. The smallest absolute Gasteiger partial charge is 0.234 e. The van der Waals surface area contributed by atoms with E-state index in [0.717, 1.165) is 37.9 Å². The number of nitrogens with zero attached hydrogens (tertiary/aromatic N) is 1. The molecule has 2 rings (SSSR count). The molecule has 4 nitrogen and oxygen atoms in total. The SMILES string of the molecule is CN(CC(=O)NCc1ccc(F)cc1)C1CCCNCC1. The van der Waals surface area contributed by atoms with Crippen LogP contribution in [0.15, 0.2) is 24.3 Å². The van der Waals surface area contributed by atoms with Crippen molar-refractivity contribution < 1.29 is 9.18 Å². The van der Waals surface area contributed by atoms with Crippen LogP contribution in [0, 0.1) is 5.82 Å². The van der Waals surface area contributed by atoms with E-state index in [9.17, 15) is 9.18 Å². The van der Waals surface area contributed by atoms with Crippen LogP contribution in [0.1, 0.15) is 24.8 Å². The monoisotopic (exact) mass is 293 g/mol. The van der Waals surface area contributed by atoms with Gasteiger partial charge in [0.15, 0.2) is 0 Å².